The Hall–Kier alpha value is -0.0800. The van der Waals surface area contributed by atoms with E-state index in [-0.39, 0.29) is 0 Å². The third-order valence-electron chi connectivity index (χ3n) is 3.58. The van der Waals surface area contributed by atoms with Crippen LogP contribution in [0.1, 0.15) is 47.0 Å². The number of ether oxygens (including phenoxy) is 1. The summed E-state index contributed by atoms with van der Waals surface area (Å²) in [7, 11) is 0. The minimum atomic E-state index is 0.358. The molecule has 0 aromatic carbocycles. The van der Waals surface area contributed by atoms with Crippen LogP contribution >= 0.6 is 0 Å². The van der Waals surface area contributed by atoms with Crippen LogP contribution in [-0.4, -0.2) is 25.3 Å². The summed E-state index contributed by atoms with van der Waals surface area (Å²) in [4.78, 5) is 0. The Morgan fingerprint density at radius 3 is 2.53 bits per heavy atom. The molecule has 0 amide bonds. The molecule has 3 unspecified atom stereocenters. The lowest BCUT2D eigenvalue weighted by atomic mass is 9.79. The van der Waals surface area contributed by atoms with E-state index in [0.717, 1.165) is 31.0 Å². The third-order valence-corrected chi connectivity index (χ3v) is 3.58. The molecule has 0 saturated heterocycles. The topological polar surface area (TPSA) is 21.3 Å². The molecule has 0 aromatic heterocycles. The van der Waals surface area contributed by atoms with Crippen LogP contribution in [0.3, 0.4) is 0 Å². The summed E-state index contributed by atoms with van der Waals surface area (Å²) in [6.07, 6.45) is 4.41. The summed E-state index contributed by atoms with van der Waals surface area (Å²) in [6, 6.07) is 0.729. The first kappa shape index (κ1) is 13.0. The predicted octanol–water partition coefficient (Wildman–Crippen LogP) is 2.83. The highest BCUT2D eigenvalue weighted by atomic mass is 16.5. The van der Waals surface area contributed by atoms with Crippen molar-refractivity contribution in [3.8, 4) is 0 Å². The fraction of sp³-hybridized carbons (Fsp3) is 1.00. The molecule has 0 radical (unpaired) electrons. The average molecular weight is 213 g/mol. The molecule has 1 fully saturated rings. The Labute approximate surface area is 94.8 Å². The summed E-state index contributed by atoms with van der Waals surface area (Å²) in [5.74, 6) is 1.79. The van der Waals surface area contributed by atoms with E-state index in [0.29, 0.717) is 6.10 Å². The summed E-state index contributed by atoms with van der Waals surface area (Å²) in [5, 5.41) is 3.60. The summed E-state index contributed by atoms with van der Waals surface area (Å²) >= 11 is 0. The van der Waals surface area contributed by atoms with Gasteiger partial charge < -0.3 is 10.1 Å². The van der Waals surface area contributed by atoms with E-state index >= 15 is 0 Å². The van der Waals surface area contributed by atoms with E-state index < -0.39 is 0 Å². The van der Waals surface area contributed by atoms with E-state index in [2.05, 4.69) is 33.0 Å². The molecule has 3 atom stereocenters. The Bertz CT molecular complexity index is 170. The van der Waals surface area contributed by atoms with Gasteiger partial charge in [0.15, 0.2) is 0 Å². The van der Waals surface area contributed by atoms with Crippen LogP contribution in [0.25, 0.3) is 0 Å². The van der Waals surface area contributed by atoms with Gasteiger partial charge in [-0.2, -0.15) is 0 Å². The normalized spacial score (nSPS) is 32.2. The van der Waals surface area contributed by atoms with Gasteiger partial charge in [-0.1, -0.05) is 13.8 Å². The average Bonchev–Trinajstić information content (AvgIpc) is 2.18. The van der Waals surface area contributed by atoms with Crippen molar-refractivity contribution in [2.75, 3.05) is 13.2 Å². The molecule has 2 nitrogen and oxygen atoms in total. The molecule has 90 valence electrons. The second-order valence-corrected chi connectivity index (χ2v) is 5.34. The molecule has 1 aliphatic rings. The Kier molecular flexibility index (Phi) is 5.62. The molecule has 0 spiro atoms. The second kappa shape index (κ2) is 6.49. The van der Waals surface area contributed by atoms with E-state index in [9.17, 15) is 0 Å². The molecule has 1 rings (SSSR count). The Morgan fingerprint density at radius 1 is 1.20 bits per heavy atom. The van der Waals surface area contributed by atoms with Gasteiger partial charge in [-0.15, -0.1) is 0 Å². The highest BCUT2D eigenvalue weighted by Crippen LogP contribution is 2.29. The largest absolute Gasteiger partial charge is 0.377 e. The molecule has 2 heteroatoms. The van der Waals surface area contributed by atoms with Crippen molar-refractivity contribution in [2.24, 2.45) is 11.8 Å². The van der Waals surface area contributed by atoms with E-state index in [4.69, 9.17) is 4.74 Å². The molecule has 1 saturated carbocycles. The Balaban J connectivity index is 2.07. The number of hydrogen-bond acceptors (Lipinski definition) is 2. The fourth-order valence-electron chi connectivity index (χ4n) is 2.29. The standard InChI is InChI=1S/C13H27NO/c1-10(2)15-8-7-14-13-6-5-11(3)12(4)9-13/h10-14H,5-9H2,1-4H3. The minimum Gasteiger partial charge on any atom is -0.377 e. The van der Waals surface area contributed by atoms with Crippen LogP contribution in [0.4, 0.5) is 0 Å². The van der Waals surface area contributed by atoms with Crippen molar-refractivity contribution in [1.29, 1.82) is 0 Å². The van der Waals surface area contributed by atoms with Crippen molar-refractivity contribution in [3.05, 3.63) is 0 Å². The SMILES string of the molecule is CC(C)OCCNC1CCC(C)C(C)C1. The van der Waals surface area contributed by atoms with Gasteiger partial charge in [0.25, 0.3) is 0 Å². The molecule has 1 aliphatic carbocycles. The van der Waals surface area contributed by atoms with E-state index in [1.165, 1.54) is 19.3 Å². The minimum absolute atomic E-state index is 0.358. The predicted molar refractivity (Wildman–Crippen MR) is 65.1 cm³/mol. The quantitative estimate of drug-likeness (QED) is 0.709. The van der Waals surface area contributed by atoms with Gasteiger partial charge in [0.2, 0.25) is 0 Å². The van der Waals surface area contributed by atoms with Gasteiger partial charge in [0, 0.05) is 12.6 Å². The van der Waals surface area contributed by atoms with Gasteiger partial charge in [0.1, 0.15) is 0 Å². The summed E-state index contributed by atoms with van der Waals surface area (Å²) in [6.45, 7) is 10.8. The number of hydrogen-bond donors (Lipinski definition) is 1. The second-order valence-electron chi connectivity index (χ2n) is 5.34. The monoisotopic (exact) mass is 213 g/mol. The third kappa shape index (κ3) is 4.98. The van der Waals surface area contributed by atoms with Gasteiger partial charge in [-0.3, -0.25) is 0 Å². The summed E-state index contributed by atoms with van der Waals surface area (Å²) in [5.41, 5.74) is 0. The smallest absolute Gasteiger partial charge is 0.0594 e. The Morgan fingerprint density at radius 2 is 1.93 bits per heavy atom. The van der Waals surface area contributed by atoms with Gasteiger partial charge in [0.05, 0.1) is 12.7 Å². The van der Waals surface area contributed by atoms with Gasteiger partial charge in [-0.05, 0) is 44.9 Å². The highest BCUT2D eigenvalue weighted by Gasteiger charge is 2.23. The number of nitrogens with one attached hydrogen (secondary N) is 1. The molecule has 15 heavy (non-hydrogen) atoms. The van der Waals surface area contributed by atoms with Crippen LogP contribution in [0, 0.1) is 11.8 Å². The zero-order valence-corrected chi connectivity index (χ0v) is 10.8. The van der Waals surface area contributed by atoms with Crippen molar-refractivity contribution >= 4 is 0 Å². The molecule has 0 aromatic rings. The summed E-state index contributed by atoms with van der Waals surface area (Å²) < 4.78 is 5.52. The zero-order valence-electron chi connectivity index (χ0n) is 10.8. The maximum absolute atomic E-state index is 5.52. The van der Waals surface area contributed by atoms with Crippen LogP contribution in [0.5, 0.6) is 0 Å². The van der Waals surface area contributed by atoms with Crippen molar-refractivity contribution in [2.45, 2.75) is 59.1 Å². The lowest BCUT2D eigenvalue weighted by Crippen LogP contribution is -2.38. The van der Waals surface area contributed by atoms with E-state index in [1.54, 1.807) is 0 Å². The fourth-order valence-corrected chi connectivity index (χ4v) is 2.29. The molecule has 0 bridgehead atoms. The van der Waals surface area contributed by atoms with Crippen molar-refractivity contribution < 1.29 is 4.74 Å². The lowest BCUT2D eigenvalue weighted by Gasteiger charge is -2.32. The van der Waals surface area contributed by atoms with E-state index in [1.807, 2.05) is 0 Å². The van der Waals surface area contributed by atoms with Crippen LogP contribution < -0.4 is 5.32 Å². The van der Waals surface area contributed by atoms with Crippen LogP contribution in [-0.2, 0) is 4.74 Å². The molecular weight excluding hydrogens is 186 g/mol. The first-order valence-electron chi connectivity index (χ1n) is 6.44. The zero-order chi connectivity index (χ0) is 11.3. The first-order valence-corrected chi connectivity index (χ1v) is 6.44. The van der Waals surface area contributed by atoms with Gasteiger partial charge in [-0.25, -0.2) is 0 Å². The van der Waals surface area contributed by atoms with Crippen LogP contribution in [0.2, 0.25) is 0 Å². The lowest BCUT2D eigenvalue weighted by molar-refractivity contribution is 0.0770. The highest BCUT2D eigenvalue weighted by molar-refractivity contribution is 4.79. The maximum Gasteiger partial charge on any atom is 0.0594 e. The van der Waals surface area contributed by atoms with Crippen molar-refractivity contribution in [3.63, 3.8) is 0 Å². The molecule has 0 aliphatic heterocycles. The van der Waals surface area contributed by atoms with Crippen molar-refractivity contribution in [1.82, 2.24) is 5.32 Å². The van der Waals surface area contributed by atoms with Crippen LogP contribution in [0.15, 0.2) is 0 Å². The first-order chi connectivity index (χ1) is 7.09. The number of rotatable bonds is 5. The van der Waals surface area contributed by atoms with Gasteiger partial charge >= 0.3 is 0 Å². The maximum atomic E-state index is 5.52. The molecular formula is C13H27NO. The molecule has 0 heterocycles. The molecule has 1 N–H and O–H groups in total.